The van der Waals surface area contributed by atoms with Crippen molar-refractivity contribution in [2.75, 3.05) is 0 Å². The van der Waals surface area contributed by atoms with Gasteiger partial charge in [0.05, 0.1) is 11.8 Å². The van der Waals surface area contributed by atoms with Crippen LogP contribution in [0.5, 0.6) is 0 Å². The molecule has 0 radical (unpaired) electrons. The topological polar surface area (TPSA) is 38.0 Å². The third-order valence-electron chi connectivity index (χ3n) is 3.02. The Bertz CT molecular complexity index is 307. The summed E-state index contributed by atoms with van der Waals surface area (Å²) in [6, 6.07) is 2.20. The minimum Gasteiger partial charge on any atom is -0.393 e. The predicted molar refractivity (Wildman–Crippen MR) is 66.5 cm³/mol. The van der Waals surface area contributed by atoms with E-state index in [0.717, 1.165) is 38.6 Å². The van der Waals surface area contributed by atoms with Crippen molar-refractivity contribution in [2.24, 2.45) is 0 Å². The predicted octanol–water partition coefficient (Wildman–Crippen LogP) is 2.56. The van der Waals surface area contributed by atoms with Crippen LogP contribution in [0.15, 0.2) is 6.07 Å². The molecule has 0 aliphatic carbocycles. The van der Waals surface area contributed by atoms with Crippen molar-refractivity contribution in [3.63, 3.8) is 0 Å². The molecule has 92 valence electrons. The molecule has 0 aliphatic rings. The van der Waals surface area contributed by atoms with E-state index in [0.29, 0.717) is 0 Å². The molecule has 1 aromatic heterocycles. The van der Waals surface area contributed by atoms with Gasteiger partial charge in [-0.15, -0.1) is 0 Å². The number of hydrogen-bond acceptors (Lipinski definition) is 2. The van der Waals surface area contributed by atoms with E-state index in [2.05, 4.69) is 29.7 Å². The normalized spacial score (nSPS) is 13.0. The summed E-state index contributed by atoms with van der Waals surface area (Å²) in [6.45, 7) is 7.21. The fourth-order valence-electron chi connectivity index (χ4n) is 1.89. The Morgan fingerprint density at radius 3 is 2.69 bits per heavy atom. The molecule has 0 fully saturated rings. The van der Waals surface area contributed by atoms with Crippen LogP contribution in [0.25, 0.3) is 0 Å². The Labute approximate surface area is 98.5 Å². The molecule has 0 saturated heterocycles. The lowest BCUT2D eigenvalue weighted by Gasteiger charge is -2.07. The lowest BCUT2D eigenvalue weighted by molar-refractivity contribution is 0.157. The maximum absolute atomic E-state index is 9.49. The molecule has 1 rings (SSSR count). The summed E-state index contributed by atoms with van der Waals surface area (Å²) in [7, 11) is 0. The van der Waals surface area contributed by atoms with Crippen molar-refractivity contribution >= 4 is 0 Å². The zero-order chi connectivity index (χ0) is 12.0. The van der Waals surface area contributed by atoms with Gasteiger partial charge in [-0.05, 0) is 45.1 Å². The number of nitrogens with zero attached hydrogens (tertiary/aromatic N) is 2. The summed E-state index contributed by atoms with van der Waals surface area (Å²) >= 11 is 0. The average Bonchev–Trinajstić information content (AvgIpc) is 2.71. The molecule has 0 saturated carbocycles. The van der Waals surface area contributed by atoms with Crippen LogP contribution in [0.3, 0.4) is 0 Å². The molecule has 1 atom stereocenters. The molecule has 1 N–H and O–H groups in total. The first-order valence-corrected chi connectivity index (χ1v) is 6.44. The summed E-state index contributed by atoms with van der Waals surface area (Å²) in [6.07, 6.45) is 4.68. The molecule has 1 unspecified atom stereocenters. The number of rotatable bonds is 7. The zero-order valence-electron chi connectivity index (χ0n) is 10.7. The fraction of sp³-hybridized carbons (Fsp3) is 0.769. The lowest BCUT2D eigenvalue weighted by Crippen LogP contribution is -2.07. The van der Waals surface area contributed by atoms with E-state index in [1.54, 1.807) is 0 Å². The SMILES string of the molecule is CCc1cc(CCCC(O)CC)n(CC)n1. The number of aliphatic hydroxyl groups excluding tert-OH is 1. The maximum Gasteiger partial charge on any atom is 0.0624 e. The number of aromatic nitrogens is 2. The monoisotopic (exact) mass is 224 g/mol. The second-order valence-electron chi connectivity index (χ2n) is 4.25. The first kappa shape index (κ1) is 13.2. The van der Waals surface area contributed by atoms with Crippen LogP contribution in [-0.4, -0.2) is 21.0 Å². The van der Waals surface area contributed by atoms with Gasteiger partial charge >= 0.3 is 0 Å². The van der Waals surface area contributed by atoms with Crippen LogP contribution < -0.4 is 0 Å². The van der Waals surface area contributed by atoms with E-state index in [1.807, 2.05) is 6.92 Å². The van der Waals surface area contributed by atoms with Crippen molar-refractivity contribution in [3.05, 3.63) is 17.5 Å². The van der Waals surface area contributed by atoms with Gasteiger partial charge in [0.2, 0.25) is 0 Å². The fourth-order valence-corrected chi connectivity index (χ4v) is 1.89. The van der Waals surface area contributed by atoms with E-state index in [9.17, 15) is 5.11 Å². The third-order valence-corrected chi connectivity index (χ3v) is 3.02. The van der Waals surface area contributed by atoms with Crippen molar-refractivity contribution < 1.29 is 5.11 Å². The lowest BCUT2D eigenvalue weighted by atomic mass is 10.1. The summed E-state index contributed by atoms with van der Waals surface area (Å²) in [5.41, 5.74) is 2.48. The Balaban J connectivity index is 2.49. The Hall–Kier alpha value is -0.830. The minimum absolute atomic E-state index is 0.136. The van der Waals surface area contributed by atoms with Gasteiger partial charge in [0.25, 0.3) is 0 Å². The third kappa shape index (κ3) is 3.63. The molecule has 0 aromatic carbocycles. The highest BCUT2D eigenvalue weighted by atomic mass is 16.3. The molecule has 0 amide bonds. The Kier molecular flexibility index (Phi) is 5.53. The number of hydrogen-bond donors (Lipinski definition) is 1. The molecule has 0 spiro atoms. The van der Waals surface area contributed by atoms with E-state index >= 15 is 0 Å². The van der Waals surface area contributed by atoms with Crippen LogP contribution in [0, 0.1) is 0 Å². The summed E-state index contributed by atoms with van der Waals surface area (Å²) < 4.78 is 2.08. The second kappa shape index (κ2) is 6.69. The van der Waals surface area contributed by atoms with Gasteiger partial charge in [0.1, 0.15) is 0 Å². The molecule has 3 nitrogen and oxygen atoms in total. The van der Waals surface area contributed by atoms with Crippen LogP contribution in [0.1, 0.15) is 51.4 Å². The van der Waals surface area contributed by atoms with Gasteiger partial charge < -0.3 is 5.11 Å². The summed E-state index contributed by atoms with van der Waals surface area (Å²) in [5.74, 6) is 0. The molecule has 16 heavy (non-hydrogen) atoms. The number of aryl methyl sites for hydroxylation is 3. The molecule has 1 aromatic rings. The van der Waals surface area contributed by atoms with E-state index in [-0.39, 0.29) is 6.10 Å². The summed E-state index contributed by atoms with van der Waals surface area (Å²) in [5, 5.41) is 14.0. The van der Waals surface area contributed by atoms with Gasteiger partial charge in [0.15, 0.2) is 0 Å². The smallest absolute Gasteiger partial charge is 0.0624 e. The van der Waals surface area contributed by atoms with Crippen molar-refractivity contribution in [2.45, 2.75) is 65.5 Å². The van der Waals surface area contributed by atoms with Gasteiger partial charge in [-0.2, -0.15) is 5.10 Å². The molecule has 0 bridgehead atoms. The first-order chi connectivity index (χ1) is 7.71. The highest BCUT2D eigenvalue weighted by Crippen LogP contribution is 2.11. The van der Waals surface area contributed by atoms with Gasteiger partial charge in [-0.25, -0.2) is 0 Å². The van der Waals surface area contributed by atoms with Crippen molar-refractivity contribution in [3.8, 4) is 0 Å². The van der Waals surface area contributed by atoms with E-state index < -0.39 is 0 Å². The minimum atomic E-state index is -0.136. The molecular formula is C13H24N2O. The van der Waals surface area contributed by atoms with Gasteiger partial charge in [-0.3, -0.25) is 4.68 Å². The summed E-state index contributed by atoms with van der Waals surface area (Å²) in [4.78, 5) is 0. The Morgan fingerprint density at radius 1 is 1.38 bits per heavy atom. The van der Waals surface area contributed by atoms with E-state index in [1.165, 1.54) is 11.4 Å². The molecule has 3 heteroatoms. The maximum atomic E-state index is 9.49. The molecule has 1 heterocycles. The van der Waals surface area contributed by atoms with Crippen LogP contribution in [0.4, 0.5) is 0 Å². The second-order valence-corrected chi connectivity index (χ2v) is 4.25. The Morgan fingerprint density at radius 2 is 2.12 bits per heavy atom. The quantitative estimate of drug-likeness (QED) is 0.773. The number of aliphatic hydroxyl groups is 1. The van der Waals surface area contributed by atoms with Gasteiger partial charge in [0, 0.05) is 12.2 Å². The average molecular weight is 224 g/mol. The standard InChI is InChI=1S/C13H24N2O/c1-4-11-10-12(15(6-3)14-11)8-7-9-13(16)5-2/h10,13,16H,4-9H2,1-3H3. The van der Waals surface area contributed by atoms with Crippen molar-refractivity contribution in [1.29, 1.82) is 0 Å². The molecular weight excluding hydrogens is 200 g/mol. The highest BCUT2D eigenvalue weighted by Gasteiger charge is 2.06. The van der Waals surface area contributed by atoms with Crippen LogP contribution in [0.2, 0.25) is 0 Å². The van der Waals surface area contributed by atoms with Crippen LogP contribution >= 0.6 is 0 Å². The van der Waals surface area contributed by atoms with Crippen molar-refractivity contribution in [1.82, 2.24) is 9.78 Å². The molecule has 0 aliphatic heterocycles. The van der Waals surface area contributed by atoms with E-state index in [4.69, 9.17) is 0 Å². The zero-order valence-corrected chi connectivity index (χ0v) is 10.7. The largest absolute Gasteiger partial charge is 0.393 e. The van der Waals surface area contributed by atoms with Crippen LogP contribution in [-0.2, 0) is 19.4 Å². The van der Waals surface area contributed by atoms with Gasteiger partial charge in [-0.1, -0.05) is 13.8 Å². The first-order valence-electron chi connectivity index (χ1n) is 6.44. The highest BCUT2D eigenvalue weighted by molar-refractivity contribution is 5.10.